The van der Waals surface area contributed by atoms with Gasteiger partial charge in [-0.3, -0.25) is 9.78 Å². The van der Waals surface area contributed by atoms with Gasteiger partial charge in [-0.15, -0.1) is 16.5 Å². The second kappa shape index (κ2) is 3.99. The van der Waals surface area contributed by atoms with Crippen LogP contribution < -0.4 is 11.2 Å². The van der Waals surface area contributed by atoms with Gasteiger partial charge in [0.25, 0.3) is 5.56 Å². The van der Waals surface area contributed by atoms with Gasteiger partial charge in [0.15, 0.2) is 0 Å². The SMILES string of the molecule is O=Nn1cc(CCCl)c(=O)[nH]c1=O. The number of hydrogen-bond acceptors (Lipinski definition) is 4. The molecule has 1 N–H and O–H groups in total. The Morgan fingerprint density at radius 3 is 2.77 bits per heavy atom. The van der Waals surface area contributed by atoms with Crippen LogP contribution in [0.25, 0.3) is 0 Å². The molecular weight excluding hydrogens is 198 g/mol. The summed E-state index contributed by atoms with van der Waals surface area (Å²) in [6, 6.07) is 0. The Morgan fingerprint density at radius 1 is 1.54 bits per heavy atom. The Morgan fingerprint density at radius 2 is 2.23 bits per heavy atom. The minimum absolute atomic E-state index is 0.236. The minimum atomic E-state index is -0.849. The quantitative estimate of drug-likeness (QED) is 0.548. The van der Waals surface area contributed by atoms with Crippen molar-refractivity contribution in [2.75, 3.05) is 5.88 Å². The van der Waals surface area contributed by atoms with Gasteiger partial charge in [-0.25, -0.2) is 4.79 Å². The highest BCUT2D eigenvalue weighted by molar-refractivity contribution is 6.17. The number of alkyl halides is 1. The van der Waals surface area contributed by atoms with Crippen LogP contribution in [0.15, 0.2) is 21.1 Å². The van der Waals surface area contributed by atoms with E-state index in [4.69, 9.17) is 11.6 Å². The molecule has 70 valence electrons. The fourth-order valence-corrected chi connectivity index (χ4v) is 1.04. The van der Waals surface area contributed by atoms with Crippen LogP contribution in [-0.4, -0.2) is 15.5 Å². The molecule has 0 atom stereocenters. The van der Waals surface area contributed by atoms with Gasteiger partial charge in [0.1, 0.15) is 0 Å². The largest absolute Gasteiger partial charge is 0.351 e. The summed E-state index contributed by atoms with van der Waals surface area (Å²) < 4.78 is 0.517. The van der Waals surface area contributed by atoms with Crippen molar-refractivity contribution in [2.24, 2.45) is 5.29 Å². The maximum atomic E-state index is 11.0. The van der Waals surface area contributed by atoms with Crippen LogP contribution in [0.2, 0.25) is 0 Å². The summed E-state index contributed by atoms with van der Waals surface area (Å²) >= 11 is 5.39. The van der Waals surface area contributed by atoms with Gasteiger partial charge in [0, 0.05) is 17.6 Å². The van der Waals surface area contributed by atoms with E-state index in [9.17, 15) is 14.5 Å². The molecule has 0 bridgehead atoms. The number of aryl methyl sites for hydroxylation is 1. The number of halogens is 1. The topological polar surface area (TPSA) is 84.3 Å². The second-order valence-electron chi connectivity index (χ2n) is 2.28. The molecule has 0 fully saturated rings. The highest BCUT2D eigenvalue weighted by Gasteiger charge is 2.03. The van der Waals surface area contributed by atoms with Crippen LogP contribution in [0.4, 0.5) is 0 Å². The Hall–Kier alpha value is -1.43. The minimum Gasteiger partial charge on any atom is -0.272 e. The van der Waals surface area contributed by atoms with Crippen molar-refractivity contribution < 1.29 is 0 Å². The molecule has 0 aliphatic rings. The van der Waals surface area contributed by atoms with E-state index in [1.54, 1.807) is 0 Å². The average Bonchev–Trinajstić information content (AvgIpc) is 2.10. The fraction of sp³-hybridized carbons (Fsp3) is 0.333. The van der Waals surface area contributed by atoms with Crippen molar-refractivity contribution in [3.05, 3.63) is 37.5 Å². The van der Waals surface area contributed by atoms with Crippen molar-refractivity contribution in [3.8, 4) is 0 Å². The molecule has 0 radical (unpaired) electrons. The van der Waals surface area contributed by atoms with E-state index in [2.05, 4.69) is 5.29 Å². The Kier molecular flexibility index (Phi) is 2.97. The van der Waals surface area contributed by atoms with E-state index in [1.165, 1.54) is 0 Å². The predicted molar refractivity (Wildman–Crippen MR) is 46.9 cm³/mol. The molecule has 6 nitrogen and oxygen atoms in total. The lowest BCUT2D eigenvalue weighted by Gasteiger charge is -1.96. The van der Waals surface area contributed by atoms with E-state index in [1.807, 2.05) is 4.98 Å². The molecule has 7 heteroatoms. The smallest absolute Gasteiger partial charge is 0.272 e. The molecule has 0 saturated carbocycles. The molecule has 0 aliphatic heterocycles. The molecule has 0 aliphatic carbocycles. The number of nitrogens with one attached hydrogen (secondary N) is 1. The van der Waals surface area contributed by atoms with Crippen LogP contribution in [-0.2, 0) is 6.42 Å². The summed E-state index contributed by atoms with van der Waals surface area (Å²) in [5.41, 5.74) is -1.13. The number of nitrogens with zero attached hydrogens (tertiary/aromatic N) is 2. The van der Waals surface area contributed by atoms with Crippen molar-refractivity contribution in [1.29, 1.82) is 0 Å². The first-order valence-electron chi connectivity index (χ1n) is 3.43. The number of H-pyrrole nitrogens is 1. The van der Waals surface area contributed by atoms with Crippen molar-refractivity contribution >= 4 is 11.6 Å². The maximum absolute atomic E-state index is 11.0. The third-order valence-electron chi connectivity index (χ3n) is 1.45. The van der Waals surface area contributed by atoms with Crippen LogP contribution in [0, 0.1) is 4.91 Å². The molecule has 0 amide bonds. The summed E-state index contributed by atoms with van der Waals surface area (Å²) in [6.07, 6.45) is 1.36. The van der Waals surface area contributed by atoms with E-state index in [0.29, 0.717) is 4.68 Å². The first-order chi connectivity index (χ1) is 6.19. The van der Waals surface area contributed by atoms with Gasteiger partial charge in [-0.05, 0) is 6.42 Å². The molecule has 1 rings (SSSR count). The lowest BCUT2D eigenvalue weighted by atomic mass is 10.3. The van der Waals surface area contributed by atoms with Gasteiger partial charge < -0.3 is 0 Å². The lowest BCUT2D eigenvalue weighted by molar-refractivity contribution is 0.749. The lowest BCUT2D eigenvalue weighted by Crippen LogP contribution is -2.29. The molecular formula is C6H6ClN3O3. The third kappa shape index (κ3) is 2.03. The van der Waals surface area contributed by atoms with Gasteiger partial charge in [-0.2, -0.15) is 4.68 Å². The molecule has 0 unspecified atom stereocenters. The van der Waals surface area contributed by atoms with Gasteiger partial charge in [-0.1, -0.05) is 0 Å². The number of rotatable bonds is 3. The zero-order chi connectivity index (χ0) is 9.84. The summed E-state index contributed by atoms with van der Waals surface area (Å²) in [5, 5.41) is 2.40. The van der Waals surface area contributed by atoms with Crippen LogP contribution in [0.3, 0.4) is 0 Å². The van der Waals surface area contributed by atoms with Crippen molar-refractivity contribution in [1.82, 2.24) is 9.66 Å². The van der Waals surface area contributed by atoms with Crippen molar-refractivity contribution in [3.63, 3.8) is 0 Å². The molecule has 13 heavy (non-hydrogen) atoms. The summed E-state index contributed by atoms with van der Waals surface area (Å²) in [4.78, 5) is 33.8. The van der Waals surface area contributed by atoms with E-state index < -0.39 is 11.2 Å². The van der Waals surface area contributed by atoms with E-state index in [0.717, 1.165) is 6.20 Å². The second-order valence-corrected chi connectivity index (χ2v) is 2.66. The molecule has 0 saturated heterocycles. The van der Waals surface area contributed by atoms with E-state index >= 15 is 0 Å². The highest BCUT2D eigenvalue weighted by atomic mass is 35.5. The molecule has 1 aromatic rings. The first-order valence-corrected chi connectivity index (χ1v) is 3.97. The highest BCUT2D eigenvalue weighted by Crippen LogP contribution is 1.91. The van der Waals surface area contributed by atoms with Gasteiger partial charge >= 0.3 is 5.69 Å². The van der Waals surface area contributed by atoms with Gasteiger partial charge in [0.2, 0.25) is 0 Å². The summed E-state index contributed by atoms with van der Waals surface area (Å²) in [5.74, 6) is 0.236. The standard InChI is InChI=1S/C6H6ClN3O3/c7-2-1-4-3-10(9-13)6(12)8-5(4)11/h3H,1-2H2,(H,8,11,12). The zero-order valence-electron chi connectivity index (χ0n) is 6.49. The maximum Gasteiger partial charge on any atom is 0.351 e. The normalized spacial score (nSPS) is 9.92. The predicted octanol–water partition coefficient (Wildman–Crippen LogP) is -0.153. The molecule has 0 spiro atoms. The average molecular weight is 204 g/mol. The Labute approximate surface area is 77.1 Å². The fourth-order valence-electron chi connectivity index (χ4n) is 0.840. The number of hydrogen-bond donors (Lipinski definition) is 1. The summed E-state index contributed by atoms with van der Waals surface area (Å²) in [7, 11) is 0. The first kappa shape index (κ1) is 9.66. The molecule has 0 aromatic carbocycles. The zero-order valence-corrected chi connectivity index (χ0v) is 7.24. The monoisotopic (exact) mass is 203 g/mol. The van der Waals surface area contributed by atoms with E-state index in [-0.39, 0.29) is 17.9 Å². The van der Waals surface area contributed by atoms with Crippen molar-refractivity contribution in [2.45, 2.75) is 6.42 Å². The van der Waals surface area contributed by atoms with Crippen LogP contribution in [0.1, 0.15) is 5.56 Å². The summed E-state index contributed by atoms with van der Waals surface area (Å²) in [6.45, 7) is 0. The molecule has 1 heterocycles. The van der Waals surface area contributed by atoms with Gasteiger partial charge in [0.05, 0.1) is 5.29 Å². The van der Waals surface area contributed by atoms with Crippen LogP contribution >= 0.6 is 11.6 Å². The third-order valence-corrected chi connectivity index (χ3v) is 1.64. The number of aromatic amines is 1. The van der Waals surface area contributed by atoms with Crippen LogP contribution in [0.5, 0.6) is 0 Å². The Balaban J connectivity index is 3.30. The Bertz CT molecular complexity index is 422. The number of aromatic nitrogens is 2. The number of nitroso groups, excluding NO2 is 1. The molecule has 1 aromatic heterocycles.